The fourth-order valence-electron chi connectivity index (χ4n) is 2.74. The minimum Gasteiger partial charge on any atom is -0.351 e. The first-order valence-corrected chi connectivity index (χ1v) is 10.2. The van der Waals surface area contributed by atoms with E-state index in [0.29, 0.717) is 10.5 Å². The maximum atomic E-state index is 12.5. The average molecular weight is 437 g/mol. The molecule has 0 aromatic heterocycles. The van der Waals surface area contributed by atoms with E-state index in [0.717, 1.165) is 27.8 Å². The van der Waals surface area contributed by atoms with Gasteiger partial charge in [0.05, 0.1) is 9.83 Å². The molecule has 0 unspecified atom stereocenters. The third-order valence-corrected chi connectivity index (χ3v) is 5.32. The van der Waals surface area contributed by atoms with E-state index in [1.54, 1.807) is 6.08 Å². The average Bonchev–Trinajstić information content (AvgIpc) is 3.01. The van der Waals surface area contributed by atoms with Gasteiger partial charge in [0.2, 0.25) is 5.91 Å². The standard InChI is InChI=1S/C22H19N3O5S/c1-15-2-4-17(5-3-15)14-19-21(27)24(22(28)31-19)13-12-23-20(26)11-8-16-6-9-18(10-7-16)25(29)30/h2-11,14H,12-13H2,1H3,(H,23,26). The number of hydrogen-bond donors (Lipinski definition) is 1. The molecule has 3 amide bonds. The first kappa shape index (κ1) is 22.0. The number of aryl methyl sites for hydroxylation is 1. The van der Waals surface area contributed by atoms with Crippen LogP contribution >= 0.6 is 11.8 Å². The second-order valence-corrected chi connectivity index (χ2v) is 7.71. The van der Waals surface area contributed by atoms with Gasteiger partial charge in [0.1, 0.15) is 0 Å². The number of carbonyl (C=O) groups is 3. The molecule has 3 rings (SSSR count). The first-order chi connectivity index (χ1) is 14.8. The highest BCUT2D eigenvalue weighted by Gasteiger charge is 2.34. The molecule has 2 aromatic rings. The molecule has 1 saturated heterocycles. The summed E-state index contributed by atoms with van der Waals surface area (Å²) in [6, 6.07) is 13.4. The van der Waals surface area contributed by atoms with Crippen LogP contribution in [0.5, 0.6) is 0 Å². The summed E-state index contributed by atoms with van der Waals surface area (Å²) in [5.74, 6) is -0.785. The molecule has 8 nitrogen and oxygen atoms in total. The van der Waals surface area contributed by atoms with Crippen LogP contribution in [0.3, 0.4) is 0 Å². The van der Waals surface area contributed by atoms with E-state index in [1.807, 2.05) is 31.2 Å². The number of thioether (sulfide) groups is 1. The third kappa shape index (κ3) is 5.89. The van der Waals surface area contributed by atoms with Gasteiger partial charge in [-0.2, -0.15) is 0 Å². The number of amides is 3. The molecule has 0 spiro atoms. The van der Waals surface area contributed by atoms with Gasteiger partial charge in [-0.05, 0) is 54.1 Å². The Bertz CT molecular complexity index is 1080. The predicted molar refractivity (Wildman–Crippen MR) is 119 cm³/mol. The zero-order valence-electron chi connectivity index (χ0n) is 16.6. The lowest BCUT2D eigenvalue weighted by Crippen LogP contribution is -2.36. The fourth-order valence-corrected chi connectivity index (χ4v) is 3.60. The van der Waals surface area contributed by atoms with E-state index in [2.05, 4.69) is 5.32 Å². The van der Waals surface area contributed by atoms with Gasteiger partial charge in [0.25, 0.3) is 16.8 Å². The summed E-state index contributed by atoms with van der Waals surface area (Å²) < 4.78 is 0. The van der Waals surface area contributed by atoms with Crippen molar-refractivity contribution in [2.75, 3.05) is 13.1 Å². The molecule has 1 heterocycles. The molecular formula is C22H19N3O5S. The molecule has 2 aromatic carbocycles. The van der Waals surface area contributed by atoms with Gasteiger partial charge in [0.15, 0.2) is 0 Å². The molecule has 1 fully saturated rings. The van der Waals surface area contributed by atoms with Crippen molar-refractivity contribution >= 4 is 46.7 Å². The number of carbonyl (C=O) groups excluding carboxylic acids is 3. The van der Waals surface area contributed by atoms with Crippen molar-refractivity contribution in [3.05, 3.63) is 86.3 Å². The highest BCUT2D eigenvalue weighted by molar-refractivity contribution is 8.18. The molecule has 0 radical (unpaired) electrons. The van der Waals surface area contributed by atoms with Crippen molar-refractivity contribution in [3.63, 3.8) is 0 Å². The Morgan fingerprint density at radius 2 is 1.74 bits per heavy atom. The van der Waals surface area contributed by atoms with Crippen LogP contribution in [0.2, 0.25) is 0 Å². The number of imide groups is 1. The molecular weight excluding hydrogens is 418 g/mol. The predicted octanol–water partition coefficient (Wildman–Crippen LogP) is 3.77. The minimum atomic E-state index is -0.499. The molecule has 1 aliphatic rings. The number of nitro benzene ring substituents is 1. The Balaban J connectivity index is 1.51. The molecule has 1 aliphatic heterocycles. The monoisotopic (exact) mass is 437 g/mol. The maximum absolute atomic E-state index is 12.5. The number of nitrogens with one attached hydrogen (secondary N) is 1. The first-order valence-electron chi connectivity index (χ1n) is 9.36. The van der Waals surface area contributed by atoms with Crippen molar-refractivity contribution in [1.82, 2.24) is 10.2 Å². The SMILES string of the molecule is Cc1ccc(C=C2SC(=O)N(CCNC(=O)C=Cc3ccc([N+](=O)[O-])cc3)C2=O)cc1. The highest BCUT2D eigenvalue weighted by atomic mass is 32.2. The fraction of sp³-hybridized carbons (Fsp3) is 0.136. The zero-order chi connectivity index (χ0) is 22.4. The van der Waals surface area contributed by atoms with Crippen LogP contribution in [0.1, 0.15) is 16.7 Å². The lowest BCUT2D eigenvalue weighted by atomic mass is 10.1. The molecule has 1 N–H and O–H groups in total. The summed E-state index contributed by atoms with van der Waals surface area (Å²) in [6.45, 7) is 2.14. The summed E-state index contributed by atoms with van der Waals surface area (Å²) in [4.78, 5) is 48.2. The van der Waals surface area contributed by atoms with E-state index < -0.39 is 10.8 Å². The van der Waals surface area contributed by atoms with E-state index >= 15 is 0 Å². The van der Waals surface area contributed by atoms with Crippen molar-refractivity contribution in [2.45, 2.75) is 6.92 Å². The van der Waals surface area contributed by atoms with Crippen LogP contribution in [0, 0.1) is 17.0 Å². The Hall–Kier alpha value is -3.72. The van der Waals surface area contributed by atoms with Gasteiger partial charge in [-0.3, -0.25) is 29.4 Å². The molecule has 0 atom stereocenters. The number of rotatable bonds is 7. The second-order valence-electron chi connectivity index (χ2n) is 6.72. The topological polar surface area (TPSA) is 110 Å². The Kier molecular flexibility index (Phi) is 6.99. The summed E-state index contributed by atoms with van der Waals surface area (Å²) in [7, 11) is 0. The lowest BCUT2D eigenvalue weighted by molar-refractivity contribution is -0.384. The number of benzene rings is 2. The molecule has 0 aliphatic carbocycles. The van der Waals surface area contributed by atoms with Crippen molar-refractivity contribution in [2.24, 2.45) is 0 Å². The van der Waals surface area contributed by atoms with Gasteiger partial charge in [-0.25, -0.2) is 0 Å². The number of nitro groups is 1. The summed E-state index contributed by atoms with van der Waals surface area (Å²) in [5, 5.41) is 12.9. The minimum absolute atomic E-state index is 0.0322. The number of nitrogens with zero attached hydrogens (tertiary/aromatic N) is 2. The van der Waals surface area contributed by atoms with E-state index in [4.69, 9.17) is 0 Å². The Morgan fingerprint density at radius 3 is 2.39 bits per heavy atom. The van der Waals surface area contributed by atoms with E-state index in [-0.39, 0.29) is 29.9 Å². The Morgan fingerprint density at radius 1 is 1.10 bits per heavy atom. The van der Waals surface area contributed by atoms with Gasteiger partial charge in [-0.1, -0.05) is 29.8 Å². The maximum Gasteiger partial charge on any atom is 0.293 e. The van der Waals surface area contributed by atoms with Crippen LogP contribution in [-0.2, 0) is 9.59 Å². The summed E-state index contributed by atoms with van der Waals surface area (Å²) in [5.41, 5.74) is 2.53. The van der Waals surface area contributed by atoms with Crippen molar-refractivity contribution in [1.29, 1.82) is 0 Å². The van der Waals surface area contributed by atoms with Crippen molar-refractivity contribution < 1.29 is 19.3 Å². The van der Waals surface area contributed by atoms with Gasteiger partial charge in [-0.15, -0.1) is 0 Å². The van der Waals surface area contributed by atoms with Gasteiger partial charge in [0, 0.05) is 31.3 Å². The second kappa shape index (κ2) is 9.86. The van der Waals surface area contributed by atoms with E-state index in [1.165, 1.54) is 36.4 Å². The molecule has 31 heavy (non-hydrogen) atoms. The van der Waals surface area contributed by atoms with Crippen LogP contribution < -0.4 is 5.32 Å². The quantitative estimate of drug-likeness (QED) is 0.401. The van der Waals surface area contributed by atoms with Crippen LogP contribution in [0.4, 0.5) is 10.5 Å². The molecule has 0 bridgehead atoms. The zero-order valence-corrected chi connectivity index (χ0v) is 17.4. The van der Waals surface area contributed by atoms with Crippen LogP contribution in [0.25, 0.3) is 12.2 Å². The summed E-state index contributed by atoms with van der Waals surface area (Å²) in [6.07, 6.45) is 4.48. The number of non-ortho nitro benzene ring substituents is 1. The highest BCUT2D eigenvalue weighted by Crippen LogP contribution is 2.31. The van der Waals surface area contributed by atoms with Crippen LogP contribution in [-0.4, -0.2) is 40.0 Å². The number of hydrogen-bond acceptors (Lipinski definition) is 6. The normalized spacial score (nSPS) is 15.1. The molecule has 158 valence electrons. The largest absolute Gasteiger partial charge is 0.351 e. The van der Waals surface area contributed by atoms with Gasteiger partial charge < -0.3 is 5.32 Å². The van der Waals surface area contributed by atoms with Crippen LogP contribution in [0.15, 0.2) is 59.5 Å². The smallest absolute Gasteiger partial charge is 0.293 e. The summed E-state index contributed by atoms with van der Waals surface area (Å²) >= 11 is 0.874. The Labute approximate surface area is 182 Å². The third-order valence-electron chi connectivity index (χ3n) is 4.41. The molecule has 9 heteroatoms. The molecule has 0 saturated carbocycles. The lowest BCUT2D eigenvalue weighted by Gasteiger charge is -2.12. The van der Waals surface area contributed by atoms with Gasteiger partial charge >= 0.3 is 0 Å². The van der Waals surface area contributed by atoms with Crippen molar-refractivity contribution in [3.8, 4) is 0 Å². The van der Waals surface area contributed by atoms with E-state index in [9.17, 15) is 24.5 Å².